The first-order valence-corrected chi connectivity index (χ1v) is 7.06. The Morgan fingerprint density at radius 3 is 2.41 bits per heavy atom. The molecular formula is C18H20FNO2. The summed E-state index contributed by atoms with van der Waals surface area (Å²) in [6.45, 7) is 1.43. The van der Waals surface area contributed by atoms with Gasteiger partial charge in [-0.25, -0.2) is 4.39 Å². The molecule has 0 amide bonds. The van der Waals surface area contributed by atoms with Crippen LogP contribution < -0.4 is 14.8 Å². The van der Waals surface area contributed by atoms with Gasteiger partial charge in [-0.3, -0.25) is 0 Å². The monoisotopic (exact) mass is 301 g/mol. The van der Waals surface area contributed by atoms with E-state index in [0.29, 0.717) is 18.0 Å². The highest BCUT2D eigenvalue weighted by Gasteiger charge is 2.02. The quantitative estimate of drug-likeness (QED) is 0.792. The summed E-state index contributed by atoms with van der Waals surface area (Å²) in [5.74, 6) is 1.22. The first kappa shape index (κ1) is 16.0. The topological polar surface area (TPSA) is 30.5 Å². The SMILES string of the molecule is COc1ccc(/C=C/CNCc2ccc(F)cc2)cc1OC. The minimum absolute atomic E-state index is 0.211. The van der Waals surface area contributed by atoms with Gasteiger partial charge in [0.1, 0.15) is 5.82 Å². The van der Waals surface area contributed by atoms with Crippen LogP contribution in [-0.2, 0) is 6.54 Å². The molecule has 0 aliphatic heterocycles. The summed E-state index contributed by atoms with van der Waals surface area (Å²) in [5, 5.41) is 3.28. The molecule has 2 aromatic carbocycles. The number of nitrogens with one attached hydrogen (secondary N) is 1. The molecule has 0 aliphatic rings. The minimum Gasteiger partial charge on any atom is -0.493 e. The van der Waals surface area contributed by atoms with E-state index in [1.807, 2.05) is 30.4 Å². The fourth-order valence-corrected chi connectivity index (χ4v) is 2.05. The fourth-order valence-electron chi connectivity index (χ4n) is 2.05. The molecule has 2 aromatic rings. The van der Waals surface area contributed by atoms with E-state index in [2.05, 4.69) is 5.32 Å². The van der Waals surface area contributed by atoms with Gasteiger partial charge >= 0.3 is 0 Å². The van der Waals surface area contributed by atoms with Gasteiger partial charge in [-0.2, -0.15) is 0 Å². The van der Waals surface area contributed by atoms with E-state index in [0.717, 1.165) is 17.7 Å². The van der Waals surface area contributed by atoms with Gasteiger partial charge in [0.05, 0.1) is 14.2 Å². The van der Waals surface area contributed by atoms with Gasteiger partial charge in [0.25, 0.3) is 0 Å². The van der Waals surface area contributed by atoms with Crippen LogP contribution in [-0.4, -0.2) is 20.8 Å². The van der Waals surface area contributed by atoms with Gasteiger partial charge in [-0.05, 0) is 35.4 Å². The number of rotatable bonds is 7. The van der Waals surface area contributed by atoms with Crippen LogP contribution in [0.4, 0.5) is 4.39 Å². The van der Waals surface area contributed by atoms with Gasteiger partial charge in [0.2, 0.25) is 0 Å². The van der Waals surface area contributed by atoms with Crippen molar-refractivity contribution in [1.82, 2.24) is 5.32 Å². The van der Waals surface area contributed by atoms with E-state index >= 15 is 0 Å². The molecule has 0 spiro atoms. The van der Waals surface area contributed by atoms with Crippen molar-refractivity contribution in [2.24, 2.45) is 0 Å². The minimum atomic E-state index is -0.211. The summed E-state index contributed by atoms with van der Waals surface area (Å²) in [6.07, 6.45) is 4.05. The lowest BCUT2D eigenvalue weighted by Gasteiger charge is -2.07. The smallest absolute Gasteiger partial charge is 0.161 e. The lowest BCUT2D eigenvalue weighted by atomic mass is 10.2. The maximum atomic E-state index is 12.8. The van der Waals surface area contributed by atoms with Crippen LogP contribution in [0.1, 0.15) is 11.1 Å². The molecule has 3 nitrogen and oxygen atoms in total. The Morgan fingerprint density at radius 1 is 1.00 bits per heavy atom. The van der Waals surface area contributed by atoms with Gasteiger partial charge in [-0.1, -0.05) is 30.4 Å². The standard InChI is InChI=1S/C18H20FNO2/c1-21-17-10-7-14(12-18(17)22-2)4-3-11-20-13-15-5-8-16(19)9-6-15/h3-10,12,20H,11,13H2,1-2H3/b4-3+. The number of hydrogen-bond donors (Lipinski definition) is 1. The molecule has 0 heterocycles. The normalized spacial score (nSPS) is 10.9. The summed E-state index contributed by atoms with van der Waals surface area (Å²) >= 11 is 0. The van der Waals surface area contributed by atoms with Crippen LogP contribution in [0.2, 0.25) is 0 Å². The third-order valence-corrected chi connectivity index (χ3v) is 3.22. The van der Waals surface area contributed by atoms with Crippen LogP contribution in [0, 0.1) is 5.82 Å². The highest BCUT2D eigenvalue weighted by atomic mass is 19.1. The largest absolute Gasteiger partial charge is 0.493 e. The predicted octanol–water partition coefficient (Wildman–Crippen LogP) is 3.65. The average molecular weight is 301 g/mol. The Morgan fingerprint density at radius 2 is 1.73 bits per heavy atom. The molecule has 0 radical (unpaired) electrons. The van der Waals surface area contributed by atoms with Gasteiger partial charge in [0, 0.05) is 13.1 Å². The summed E-state index contributed by atoms with van der Waals surface area (Å²) in [5.41, 5.74) is 2.10. The van der Waals surface area contributed by atoms with E-state index in [1.54, 1.807) is 26.4 Å². The Bertz CT molecular complexity index is 623. The molecule has 22 heavy (non-hydrogen) atoms. The first-order chi connectivity index (χ1) is 10.7. The third kappa shape index (κ3) is 4.60. The van der Waals surface area contributed by atoms with Crippen molar-refractivity contribution in [3.8, 4) is 11.5 Å². The number of hydrogen-bond acceptors (Lipinski definition) is 3. The molecule has 0 atom stereocenters. The maximum absolute atomic E-state index is 12.8. The molecule has 0 saturated carbocycles. The molecule has 1 N–H and O–H groups in total. The van der Waals surface area contributed by atoms with Crippen molar-refractivity contribution in [3.05, 3.63) is 65.5 Å². The van der Waals surface area contributed by atoms with Gasteiger partial charge in [-0.15, -0.1) is 0 Å². The first-order valence-electron chi connectivity index (χ1n) is 7.06. The van der Waals surface area contributed by atoms with Crippen LogP contribution in [0.5, 0.6) is 11.5 Å². The second-order valence-electron chi connectivity index (χ2n) is 4.77. The van der Waals surface area contributed by atoms with Crippen LogP contribution in [0.3, 0.4) is 0 Å². The number of ether oxygens (including phenoxy) is 2. The number of methoxy groups -OCH3 is 2. The highest BCUT2D eigenvalue weighted by molar-refractivity contribution is 5.55. The molecule has 2 rings (SSSR count). The van der Waals surface area contributed by atoms with Crippen molar-refractivity contribution in [2.75, 3.05) is 20.8 Å². The molecule has 0 unspecified atom stereocenters. The third-order valence-electron chi connectivity index (χ3n) is 3.22. The second-order valence-corrected chi connectivity index (χ2v) is 4.77. The van der Waals surface area contributed by atoms with E-state index in [1.165, 1.54) is 12.1 Å². The van der Waals surface area contributed by atoms with Crippen LogP contribution in [0.25, 0.3) is 6.08 Å². The van der Waals surface area contributed by atoms with Crippen LogP contribution >= 0.6 is 0 Å². The van der Waals surface area contributed by atoms with E-state index in [-0.39, 0.29) is 5.82 Å². The van der Waals surface area contributed by atoms with E-state index < -0.39 is 0 Å². The van der Waals surface area contributed by atoms with E-state index in [4.69, 9.17) is 9.47 Å². The molecule has 0 aliphatic carbocycles. The molecular weight excluding hydrogens is 281 g/mol. The zero-order chi connectivity index (χ0) is 15.8. The van der Waals surface area contributed by atoms with Crippen molar-refractivity contribution >= 4 is 6.08 Å². The zero-order valence-electron chi connectivity index (χ0n) is 12.8. The summed E-state index contributed by atoms with van der Waals surface area (Å²) in [6, 6.07) is 12.3. The Labute approximate surface area is 130 Å². The van der Waals surface area contributed by atoms with Crippen LogP contribution in [0.15, 0.2) is 48.5 Å². The molecule has 116 valence electrons. The summed E-state index contributed by atoms with van der Waals surface area (Å²) in [4.78, 5) is 0. The maximum Gasteiger partial charge on any atom is 0.161 e. The lowest BCUT2D eigenvalue weighted by Crippen LogP contribution is -2.12. The van der Waals surface area contributed by atoms with Crippen molar-refractivity contribution in [2.45, 2.75) is 6.54 Å². The zero-order valence-corrected chi connectivity index (χ0v) is 12.8. The molecule has 0 saturated heterocycles. The molecule has 0 aromatic heterocycles. The fraction of sp³-hybridized carbons (Fsp3) is 0.222. The number of halogens is 1. The molecule has 0 fully saturated rings. The average Bonchev–Trinajstić information content (AvgIpc) is 2.56. The van der Waals surface area contributed by atoms with Gasteiger partial charge < -0.3 is 14.8 Å². The Balaban J connectivity index is 1.83. The summed E-state index contributed by atoms with van der Waals surface area (Å²) in [7, 11) is 3.24. The van der Waals surface area contributed by atoms with Crippen molar-refractivity contribution < 1.29 is 13.9 Å². The highest BCUT2D eigenvalue weighted by Crippen LogP contribution is 2.27. The summed E-state index contributed by atoms with van der Waals surface area (Å²) < 4.78 is 23.3. The van der Waals surface area contributed by atoms with E-state index in [9.17, 15) is 4.39 Å². The molecule has 4 heteroatoms. The predicted molar refractivity (Wildman–Crippen MR) is 86.7 cm³/mol. The second kappa shape index (κ2) is 8.20. The van der Waals surface area contributed by atoms with Crippen molar-refractivity contribution in [1.29, 1.82) is 0 Å². The van der Waals surface area contributed by atoms with Gasteiger partial charge in [0.15, 0.2) is 11.5 Å². The lowest BCUT2D eigenvalue weighted by molar-refractivity contribution is 0.355. The number of benzene rings is 2. The molecule has 0 bridgehead atoms. The van der Waals surface area contributed by atoms with Crippen molar-refractivity contribution in [3.63, 3.8) is 0 Å². The Hall–Kier alpha value is -2.33. The Kier molecular flexibility index (Phi) is 5.98.